The molecular formula is C21H19N7O. The molecule has 4 rings (SSSR count). The zero-order valence-corrected chi connectivity index (χ0v) is 16.1. The molecule has 8 heteroatoms. The molecule has 0 saturated heterocycles. The summed E-state index contributed by atoms with van der Waals surface area (Å²) in [4.78, 5) is 4.30. The standard InChI is InChI=1S/C21H19N7O/c1-3-4-9-19-22-21(29-2)25-28(19)14-15-10-12-16(13-11-15)17-7-5-6-8-18(17)20-23-26-27-24-20/h5-8,10-13H,3,14H2,1-2H3,(H,23,24,26,27). The molecule has 0 aliphatic heterocycles. The third-order valence-corrected chi connectivity index (χ3v) is 4.32. The Kier molecular flexibility index (Phi) is 5.29. The number of nitrogens with zero attached hydrogens (tertiary/aromatic N) is 6. The molecule has 0 saturated carbocycles. The zero-order valence-electron chi connectivity index (χ0n) is 16.1. The minimum atomic E-state index is 0.316. The number of methoxy groups -OCH3 is 1. The second-order valence-electron chi connectivity index (χ2n) is 6.21. The van der Waals surface area contributed by atoms with Gasteiger partial charge in [0.25, 0.3) is 0 Å². The van der Waals surface area contributed by atoms with E-state index in [1.807, 2.05) is 31.2 Å². The summed E-state index contributed by atoms with van der Waals surface area (Å²) in [7, 11) is 1.55. The zero-order chi connectivity index (χ0) is 20.1. The lowest BCUT2D eigenvalue weighted by Gasteiger charge is -2.08. The molecule has 2 aromatic heterocycles. The summed E-state index contributed by atoms with van der Waals surface area (Å²) < 4.78 is 6.90. The predicted molar refractivity (Wildman–Crippen MR) is 108 cm³/mol. The smallest absolute Gasteiger partial charge is 0.336 e. The van der Waals surface area contributed by atoms with Gasteiger partial charge >= 0.3 is 6.01 Å². The van der Waals surface area contributed by atoms with Gasteiger partial charge in [-0.05, 0) is 27.8 Å². The third kappa shape index (κ3) is 3.99. The molecule has 2 aromatic carbocycles. The number of hydrogen-bond donors (Lipinski definition) is 1. The number of ether oxygens (including phenoxy) is 1. The van der Waals surface area contributed by atoms with Crippen LogP contribution in [-0.2, 0) is 6.54 Å². The van der Waals surface area contributed by atoms with Crippen molar-refractivity contribution < 1.29 is 4.74 Å². The lowest BCUT2D eigenvalue weighted by Crippen LogP contribution is -2.05. The van der Waals surface area contributed by atoms with Crippen molar-refractivity contribution in [2.45, 2.75) is 19.9 Å². The molecule has 4 aromatic rings. The van der Waals surface area contributed by atoms with E-state index < -0.39 is 0 Å². The van der Waals surface area contributed by atoms with Gasteiger partial charge in [-0.15, -0.1) is 15.3 Å². The predicted octanol–water partition coefficient (Wildman–Crippen LogP) is 2.94. The number of aromatic amines is 1. The Morgan fingerprint density at radius 1 is 1.07 bits per heavy atom. The molecule has 0 spiro atoms. The molecule has 0 amide bonds. The Morgan fingerprint density at radius 3 is 2.55 bits per heavy atom. The summed E-state index contributed by atoms with van der Waals surface area (Å²) in [5, 5.41) is 18.7. The fourth-order valence-corrected chi connectivity index (χ4v) is 2.95. The highest BCUT2D eigenvalue weighted by Gasteiger charge is 2.12. The van der Waals surface area contributed by atoms with Crippen LogP contribution in [-0.4, -0.2) is 42.5 Å². The molecule has 1 N–H and O–H groups in total. The second kappa shape index (κ2) is 8.35. The van der Waals surface area contributed by atoms with Crippen LogP contribution in [0.1, 0.15) is 24.7 Å². The van der Waals surface area contributed by atoms with Crippen LogP contribution in [0.25, 0.3) is 22.5 Å². The van der Waals surface area contributed by atoms with Crippen LogP contribution in [0.15, 0.2) is 48.5 Å². The second-order valence-corrected chi connectivity index (χ2v) is 6.21. The molecule has 144 valence electrons. The Hall–Kier alpha value is -3.99. The number of hydrogen-bond acceptors (Lipinski definition) is 6. The molecule has 0 atom stereocenters. The highest BCUT2D eigenvalue weighted by molar-refractivity contribution is 5.80. The van der Waals surface area contributed by atoms with Crippen molar-refractivity contribution in [2.75, 3.05) is 7.11 Å². The Labute approximate surface area is 168 Å². The first-order chi connectivity index (χ1) is 14.3. The van der Waals surface area contributed by atoms with Gasteiger partial charge < -0.3 is 4.74 Å². The largest absolute Gasteiger partial charge is 0.466 e. The Bertz CT molecular complexity index is 1150. The fraction of sp³-hybridized carbons (Fsp3) is 0.190. The van der Waals surface area contributed by atoms with Gasteiger partial charge in [-0.1, -0.05) is 61.4 Å². The minimum absolute atomic E-state index is 0.316. The number of benzene rings is 2. The van der Waals surface area contributed by atoms with Crippen LogP contribution in [0, 0.1) is 11.8 Å². The first-order valence-electron chi connectivity index (χ1n) is 9.18. The van der Waals surface area contributed by atoms with Crippen molar-refractivity contribution in [3.63, 3.8) is 0 Å². The first-order valence-corrected chi connectivity index (χ1v) is 9.18. The summed E-state index contributed by atoms with van der Waals surface area (Å²) in [6.07, 6.45) is 0.754. The molecule has 2 heterocycles. The average Bonchev–Trinajstić information content (AvgIpc) is 3.43. The van der Waals surface area contributed by atoms with Crippen molar-refractivity contribution >= 4 is 0 Å². The molecule has 0 aliphatic rings. The molecule has 0 radical (unpaired) electrons. The van der Waals surface area contributed by atoms with E-state index in [1.54, 1.807) is 11.8 Å². The topological polar surface area (TPSA) is 94.4 Å². The monoisotopic (exact) mass is 385 g/mol. The van der Waals surface area contributed by atoms with Gasteiger partial charge in [0.15, 0.2) is 0 Å². The van der Waals surface area contributed by atoms with Crippen LogP contribution >= 0.6 is 0 Å². The van der Waals surface area contributed by atoms with E-state index in [-0.39, 0.29) is 0 Å². The number of H-pyrrole nitrogens is 1. The molecular weight excluding hydrogens is 366 g/mol. The van der Waals surface area contributed by atoms with Gasteiger partial charge in [0.05, 0.1) is 13.7 Å². The molecule has 0 bridgehead atoms. The summed E-state index contributed by atoms with van der Waals surface area (Å²) in [5.41, 5.74) is 4.11. The van der Waals surface area contributed by atoms with Crippen LogP contribution in [0.2, 0.25) is 0 Å². The van der Waals surface area contributed by atoms with Crippen LogP contribution in [0.4, 0.5) is 0 Å². The van der Waals surface area contributed by atoms with Gasteiger partial charge in [0, 0.05) is 12.0 Å². The Balaban J connectivity index is 1.61. The maximum atomic E-state index is 5.15. The van der Waals surface area contributed by atoms with E-state index in [0.717, 1.165) is 28.7 Å². The van der Waals surface area contributed by atoms with Crippen molar-refractivity contribution in [3.8, 4) is 40.4 Å². The number of tetrazole rings is 1. The summed E-state index contributed by atoms with van der Waals surface area (Å²) in [6.45, 7) is 2.55. The summed E-state index contributed by atoms with van der Waals surface area (Å²) in [5.74, 6) is 7.23. The lowest BCUT2D eigenvalue weighted by atomic mass is 9.98. The van der Waals surface area contributed by atoms with E-state index in [4.69, 9.17) is 4.74 Å². The van der Waals surface area contributed by atoms with Crippen molar-refractivity contribution in [3.05, 3.63) is 59.9 Å². The summed E-state index contributed by atoms with van der Waals surface area (Å²) in [6, 6.07) is 16.6. The number of aromatic nitrogens is 7. The SMILES string of the molecule is CCC#Cc1nc(OC)nn1Cc1ccc(-c2ccccc2-c2nn[nH]n2)cc1. The van der Waals surface area contributed by atoms with Crippen molar-refractivity contribution in [1.29, 1.82) is 0 Å². The van der Waals surface area contributed by atoms with Crippen LogP contribution in [0.5, 0.6) is 6.01 Å². The normalized spacial score (nSPS) is 10.4. The lowest BCUT2D eigenvalue weighted by molar-refractivity contribution is 0.377. The molecule has 8 nitrogen and oxygen atoms in total. The van der Waals surface area contributed by atoms with Gasteiger partial charge in [0.2, 0.25) is 11.6 Å². The first kappa shape index (κ1) is 18.4. The minimum Gasteiger partial charge on any atom is -0.466 e. The quantitative estimate of drug-likeness (QED) is 0.531. The van der Waals surface area contributed by atoms with Gasteiger partial charge in [-0.25, -0.2) is 4.68 Å². The Morgan fingerprint density at radius 2 is 1.86 bits per heavy atom. The van der Waals surface area contributed by atoms with Crippen LogP contribution < -0.4 is 4.74 Å². The van der Waals surface area contributed by atoms with Gasteiger partial charge in [-0.3, -0.25) is 0 Å². The van der Waals surface area contributed by atoms with E-state index in [9.17, 15) is 0 Å². The van der Waals surface area contributed by atoms with E-state index in [2.05, 4.69) is 66.8 Å². The molecule has 29 heavy (non-hydrogen) atoms. The molecule has 0 aliphatic carbocycles. The van der Waals surface area contributed by atoms with Gasteiger partial charge in [0.1, 0.15) is 0 Å². The number of rotatable bonds is 5. The van der Waals surface area contributed by atoms with E-state index in [0.29, 0.717) is 24.2 Å². The van der Waals surface area contributed by atoms with Crippen LogP contribution in [0.3, 0.4) is 0 Å². The number of nitrogens with one attached hydrogen (secondary N) is 1. The van der Waals surface area contributed by atoms with Crippen molar-refractivity contribution in [1.82, 2.24) is 35.4 Å². The van der Waals surface area contributed by atoms with E-state index in [1.165, 1.54) is 0 Å². The maximum absolute atomic E-state index is 5.15. The summed E-state index contributed by atoms with van der Waals surface area (Å²) >= 11 is 0. The highest BCUT2D eigenvalue weighted by atomic mass is 16.5. The maximum Gasteiger partial charge on any atom is 0.336 e. The van der Waals surface area contributed by atoms with Gasteiger partial charge in [-0.2, -0.15) is 10.2 Å². The van der Waals surface area contributed by atoms with Crippen molar-refractivity contribution in [2.24, 2.45) is 0 Å². The molecule has 0 fully saturated rings. The fourth-order valence-electron chi connectivity index (χ4n) is 2.95. The molecule has 0 unspecified atom stereocenters. The average molecular weight is 385 g/mol. The third-order valence-electron chi connectivity index (χ3n) is 4.32. The highest BCUT2D eigenvalue weighted by Crippen LogP contribution is 2.29. The van der Waals surface area contributed by atoms with E-state index >= 15 is 0 Å².